The number of aliphatic carboxylic acids is 2. The number of carbonyl (C=O) groups is 4. The summed E-state index contributed by atoms with van der Waals surface area (Å²) in [6, 6.07) is 2.91. The summed E-state index contributed by atoms with van der Waals surface area (Å²) in [5, 5.41) is 33.1. The van der Waals surface area contributed by atoms with E-state index in [4.69, 9.17) is 10.8 Å². The molecule has 2 aromatic rings. The van der Waals surface area contributed by atoms with Crippen molar-refractivity contribution in [2.24, 2.45) is 5.73 Å². The molecule has 2 amide bonds. The van der Waals surface area contributed by atoms with Crippen LogP contribution in [0.1, 0.15) is 18.9 Å². The minimum atomic E-state index is -1.57. The van der Waals surface area contributed by atoms with Crippen LogP contribution >= 0.6 is 0 Å². The first-order valence-electron chi connectivity index (χ1n) is 9.14. The molecule has 4 atom stereocenters. The van der Waals surface area contributed by atoms with Gasteiger partial charge in [0.15, 0.2) is 0 Å². The summed E-state index contributed by atoms with van der Waals surface area (Å²) < 4.78 is 0. The van der Waals surface area contributed by atoms with Crippen LogP contribution in [0.25, 0.3) is 10.9 Å². The maximum atomic E-state index is 12.5. The molecule has 0 radical (unpaired) electrons. The lowest BCUT2D eigenvalue weighted by atomic mass is 10.0. The molecule has 11 heteroatoms. The van der Waals surface area contributed by atoms with Crippen LogP contribution in [0.2, 0.25) is 0 Å². The summed E-state index contributed by atoms with van der Waals surface area (Å²) in [6.07, 6.45) is -0.451. The van der Waals surface area contributed by atoms with Crippen molar-refractivity contribution in [3.63, 3.8) is 0 Å². The number of fused-ring (bicyclic) bond motifs is 1. The van der Waals surface area contributed by atoms with Crippen LogP contribution < -0.4 is 16.4 Å². The molecule has 2 rings (SSSR count). The number of carbonyl (C=O) groups excluding carboxylic acids is 2. The Morgan fingerprint density at radius 2 is 1.70 bits per heavy atom. The van der Waals surface area contributed by atoms with Crippen LogP contribution in [0.4, 0.5) is 0 Å². The largest absolute Gasteiger partial charge is 0.481 e. The zero-order valence-corrected chi connectivity index (χ0v) is 16.2. The average Bonchev–Trinajstić information content (AvgIpc) is 3.08. The van der Waals surface area contributed by atoms with Gasteiger partial charge in [0.1, 0.15) is 18.1 Å². The number of hydrogen-bond donors (Lipinski definition) is 7. The van der Waals surface area contributed by atoms with E-state index in [1.165, 1.54) is 6.92 Å². The standard InChI is InChI=1S/C19H24N4O7/c1-9(24)16(20)18(28)22-13(7-15(25)26)17(27)23-14(19(29)30)6-10-8-21-12-5-3-2-4-11(10)12/h2-5,8-9,13-14,16,21,24H,6-7,20H2,1H3,(H,22,28)(H,23,27)(H,25,26)(H,29,30). The van der Waals surface area contributed by atoms with Crippen molar-refractivity contribution in [2.45, 2.75) is 44.0 Å². The van der Waals surface area contributed by atoms with E-state index in [9.17, 15) is 29.4 Å². The van der Waals surface area contributed by atoms with Crippen LogP contribution in [0.3, 0.4) is 0 Å². The van der Waals surface area contributed by atoms with E-state index in [-0.39, 0.29) is 6.42 Å². The number of carboxylic acid groups (broad SMARTS) is 2. The monoisotopic (exact) mass is 420 g/mol. The number of aliphatic hydroxyl groups excluding tert-OH is 1. The summed E-state index contributed by atoms with van der Waals surface area (Å²) in [6.45, 7) is 1.26. The third kappa shape index (κ3) is 5.78. The normalized spacial score (nSPS) is 15.0. The van der Waals surface area contributed by atoms with Gasteiger partial charge in [0.2, 0.25) is 11.8 Å². The summed E-state index contributed by atoms with van der Waals surface area (Å²) >= 11 is 0. The molecule has 1 aromatic carbocycles. The maximum absolute atomic E-state index is 12.5. The van der Waals surface area contributed by atoms with Gasteiger partial charge in [-0.25, -0.2) is 4.79 Å². The Balaban J connectivity index is 2.16. The highest BCUT2D eigenvalue weighted by atomic mass is 16.4. The van der Waals surface area contributed by atoms with Crippen LogP contribution in [0.5, 0.6) is 0 Å². The highest BCUT2D eigenvalue weighted by Crippen LogP contribution is 2.19. The third-order valence-corrected chi connectivity index (χ3v) is 4.55. The molecular weight excluding hydrogens is 396 g/mol. The van der Waals surface area contributed by atoms with Gasteiger partial charge >= 0.3 is 11.9 Å². The Kier molecular flexibility index (Phi) is 7.50. The number of H-pyrrole nitrogens is 1. The molecule has 0 saturated carbocycles. The van der Waals surface area contributed by atoms with Crippen molar-refractivity contribution in [2.75, 3.05) is 0 Å². The minimum Gasteiger partial charge on any atom is -0.481 e. The van der Waals surface area contributed by atoms with Gasteiger partial charge in [-0.3, -0.25) is 14.4 Å². The predicted molar refractivity (Wildman–Crippen MR) is 105 cm³/mol. The minimum absolute atomic E-state index is 0.0635. The van der Waals surface area contributed by atoms with Gasteiger partial charge in [0.05, 0.1) is 12.5 Å². The SMILES string of the molecule is CC(O)C(N)C(=O)NC(CC(=O)O)C(=O)NC(Cc1c[nH]c2ccccc12)C(=O)O. The topological polar surface area (TPSA) is 195 Å². The Bertz CT molecular complexity index is 940. The number of nitrogens with one attached hydrogen (secondary N) is 3. The lowest BCUT2D eigenvalue weighted by molar-refractivity contribution is -0.143. The van der Waals surface area contributed by atoms with Crippen LogP contribution in [0, 0.1) is 0 Å². The number of aromatic amines is 1. The molecule has 4 unspecified atom stereocenters. The summed E-state index contributed by atoms with van der Waals surface area (Å²) in [5.41, 5.74) is 6.94. The van der Waals surface area contributed by atoms with Crippen molar-refractivity contribution in [3.05, 3.63) is 36.0 Å². The summed E-state index contributed by atoms with van der Waals surface area (Å²) in [4.78, 5) is 50.3. The summed E-state index contributed by atoms with van der Waals surface area (Å²) in [7, 11) is 0. The van der Waals surface area contributed by atoms with Crippen molar-refractivity contribution < 1.29 is 34.5 Å². The van der Waals surface area contributed by atoms with Gasteiger partial charge in [0, 0.05) is 23.5 Å². The summed E-state index contributed by atoms with van der Waals surface area (Å²) in [5.74, 6) is -4.63. The van der Waals surface area contributed by atoms with E-state index in [1.54, 1.807) is 18.3 Å². The molecule has 0 fully saturated rings. The van der Waals surface area contributed by atoms with Crippen molar-refractivity contribution >= 4 is 34.7 Å². The molecule has 1 heterocycles. The number of benzene rings is 1. The first kappa shape index (κ1) is 22.8. The fourth-order valence-electron chi connectivity index (χ4n) is 2.86. The molecule has 0 spiro atoms. The maximum Gasteiger partial charge on any atom is 0.326 e. The fraction of sp³-hybridized carbons (Fsp3) is 0.368. The van der Waals surface area contributed by atoms with Gasteiger partial charge in [-0.05, 0) is 18.6 Å². The number of aliphatic hydroxyl groups is 1. The van der Waals surface area contributed by atoms with Gasteiger partial charge in [-0.1, -0.05) is 18.2 Å². The van der Waals surface area contributed by atoms with E-state index in [1.807, 2.05) is 12.1 Å². The third-order valence-electron chi connectivity index (χ3n) is 4.55. The Morgan fingerprint density at radius 1 is 1.07 bits per heavy atom. The van der Waals surface area contributed by atoms with Gasteiger partial charge in [-0.15, -0.1) is 0 Å². The van der Waals surface area contributed by atoms with Gasteiger partial charge < -0.3 is 36.7 Å². The average molecular weight is 420 g/mol. The second kappa shape index (κ2) is 9.85. The zero-order valence-electron chi connectivity index (χ0n) is 16.2. The zero-order chi connectivity index (χ0) is 22.4. The molecule has 0 bridgehead atoms. The molecule has 8 N–H and O–H groups in total. The van der Waals surface area contributed by atoms with Crippen LogP contribution in [0.15, 0.2) is 30.5 Å². The molecule has 0 aliphatic heterocycles. The second-order valence-corrected chi connectivity index (χ2v) is 6.89. The van der Waals surface area contributed by atoms with E-state index >= 15 is 0 Å². The number of nitrogens with two attached hydrogens (primary N) is 1. The number of rotatable bonds is 10. The number of para-hydroxylation sites is 1. The van der Waals surface area contributed by atoms with E-state index < -0.39 is 54.4 Å². The number of hydrogen-bond acceptors (Lipinski definition) is 6. The van der Waals surface area contributed by atoms with Crippen molar-refractivity contribution in [1.82, 2.24) is 15.6 Å². The highest BCUT2D eigenvalue weighted by Gasteiger charge is 2.31. The van der Waals surface area contributed by atoms with E-state index in [0.717, 1.165) is 10.9 Å². The lowest BCUT2D eigenvalue weighted by Gasteiger charge is -2.22. The smallest absolute Gasteiger partial charge is 0.326 e. The quantitative estimate of drug-likeness (QED) is 0.253. The molecule has 11 nitrogen and oxygen atoms in total. The van der Waals surface area contributed by atoms with E-state index in [2.05, 4.69) is 15.6 Å². The molecule has 0 saturated heterocycles. The second-order valence-electron chi connectivity index (χ2n) is 6.89. The Morgan fingerprint density at radius 3 is 2.30 bits per heavy atom. The number of amides is 2. The molecule has 30 heavy (non-hydrogen) atoms. The number of carboxylic acids is 2. The first-order valence-corrected chi connectivity index (χ1v) is 9.14. The Labute approximate surface area is 171 Å². The fourth-order valence-corrected chi connectivity index (χ4v) is 2.86. The molecule has 0 aliphatic rings. The van der Waals surface area contributed by atoms with Gasteiger partial charge in [0.25, 0.3) is 0 Å². The molecular formula is C19H24N4O7. The highest BCUT2D eigenvalue weighted by molar-refractivity contribution is 5.94. The van der Waals surface area contributed by atoms with Crippen LogP contribution in [-0.2, 0) is 25.6 Å². The number of aromatic nitrogens is 1. The Hall–Kier alpha value is -3.44. The molecule has 0 aliphatic carbocycles. The first-order chi connectivity index (χ1) is 14.1. The van der Waals surface area contributed by atoms with Crippen molar-refractivity contribution in [3.8, 4) is 0 Å². The molecule has 1 aromatic heterocycles. The van der Waals surface area contributed by atoms with Crippen molar-refractivity contribution in [1.29, 1.82) is 0 Å². The predicted octanol–water partition coefficient (Wildman–Crippen LogP) is -1.05. The van der Waals surface area contributed by atoms with Crippen LogP contribution in [-0.4, -0.2) is 68.3 Å². The lowest BCUT2D eigenvalue weighted by Crippen LogP contribution is -2.57. The van der Waals surface area contributed by atoms with E-state index in [0.29, 0.717) is 5.56 Å². The molecule has 162 valence electrons. The van der Waals surface area contributed by atoms with Gasteiger partial charge in [-0.2, -0.15) is 0 Å².